The summed E-state index contributed by atoms with van der Waals surface area (Å²) in [5.74, 6) is 0.678. The van der Waals surface area contributed by atoms with Crippen LogP contribution < -0.4 is 5.32 Å². The minimum atomic E-state index is 0.678. The minimum Gasteiger partial charge on any atom is -0.328 e. The Labute approximate surface area is 182 Å². The van der Waals surface area contributed by atoms with Gasteiger partial charge in [0.25, 0.3) is 0 Å². The number of anilines is 2. The SMILES string of the molecule is CC.Cc1cc(Nc2nc(Sc3ccncc3)cn3c(-c4cn[nH]c4)cnc23)sn1. The van der Waals surface area contributed by atoms with E-state index >= 15 is 0 Å². The first-order valence-corrected chi connectivity index (χ1v) is 11.0. The molecule has 0 aliphatic heterocycles. The maximum atomic E-state index is 4.80. The van der Waals surface area contributed by atoms with Crippen molar-refractivity contribution in [1.82, 2.24) is 33.9 Å². The number of nitrogens with one attached hydrogen (secondary N) is 2. The van der Waals surface area contributed by atoms with Gasteiger partial charge in [0.2, 0.25) is 0 Å². The molecule has 0 aromatic carbocycles. The van der Waals surface area contributed by atoms with Crippen molar-refractivity contribution in [2.24, 2.45) is 0 Å². The van der Waals surface area contributed by atoms with E-state index in [1.807, 2.05) is 62.0 Å². The number of hydrogen-bond acceptors (Lipinski definition) is 8. The number of nitrogens with zero attached hydrogens (tertiary/aromatic N) is 6. The number of fused-ring (bicyclic) bond motifs is 1. The van der Waals surface area contributed by atoms with Gasteiger partial charge in [-0.05, 0) is 36.7 Å². The van der Waals surface area contributed by atoms with Gasteiger partial charge < -0.3 is 5.32 Å². The van der Waals surface area contributed by atoms with Crippen molar-refractivity contribution in [2.45, 2.75) is 30.7 Å². The molecule has 0 saturated heterocycles. The van der Waals surface area contributed by atoms with E-state index in [0.717, 1.165) is 37.5 Å². The summed E-state index contributed by atoms with van der Waals surface area (Å²) < 4.78 is 6.35. The molecule has 0 amide bonds. The Balaban J connectivity index is 0.00000106. The van der Waals surface area contributed by atoms with Gasteiger partial charge in [-0.25, -0.2) is 9.97 Å². The molecule has 0 radical (unpaired) electrons. The number of pyridine rings is 1. The van der Waals surface area contributed by atoms with Crippen LogP contribution in [0.1, 0.15) is 19.5 Å². The van der Waals surface area contributed by atoms with Crippen molar-refractivity contribution < 1.29 is 0 Å². The molecular formula is C20H20N8S2. The lowest BCUT2D eigenvalue weighted by Gasteiger charge is -2.09. The summed E-state index contributed by atoms with van der Waals surface area (Å²) in [7, 11) is 0. The van der Waals surface area contributed by atoms with Gasteiger partial charge in [-0.1, -0.05) is 25.6 Å². The van der Waals surface area contributed by atoms with E-state index in [1.165, 1.54) is 11.5 Å². The number of aryl methyl sites for hydroxylation is 1. The second-order valence-electron chi connectivity index (χ2n) is 5.99. The lowest BCUT2D eigenvalue weighted by molar-refractivity contribution is 1.03. The highest BCUT2D eigenvalue weighted by molar-refractivity contribution is 7.99. The number of hydrogen-bond donors (Lipinski definition) is 2. The highest BCUT2D eigenvalue weighted by atomic mass is 32.2. The maximum absolute atomic E-state index is 4.80. The quantitative estimate of drug-likeness (QED) is 0.391. The van der Waals surface area contributed by atoms with E-state index in [1.54, 1.807) is 30.4 Å². The second kappa shape index (κ2) is 9.06. The standard InChI is InChI=1S/C18H14N8S2.C2H6/c1-11-6-15(28-25-11)23-17-18-20-9-14(12-7-21-22-8-12)26(18)10-16(24-17)27-13-2-4-19-5-3-13;1-2/h2-10H,1H3,(H,21,22)(H,23,24);1-2H3. The fourth-order valence-corrected chi connectivity index (χ4v) is 4.22. The van der Waals surface area contributed by atoms with Crippen molar-refractivity contribution >= 4 is 39.8 Å². The predicted molar refractivity (Wildman–Crippen MR) is 120 cm³/mol. The topological polar surface area (TPSA) is 96.7 Å². The van der Waals surface area contributed by atoms with Crippen LogP contribution >= 0.6 is 23.3 Å². The first kappa shape index (κ1) is 20.0. The normalized spacial score (nSPS) is 10.6. The summed E-state index contributed by atoms with van der Waals surface area (Å²) in [6.45, 7) is 5.97. The van der Waals surface area contributed by atoms with E-state index in [0.29, 0.717) is 5.82 Å². The smallest absolute Gasteiger partial charge is 0.181 e. The van der Waals surface area contributed by atoms with E-state index in [4.69, 9.17) is 4.98 Å². The molecule has 0 aliphatic rings. The molecule has 0 unspecified atom stereocenters. The van der Waals surface area contributed by atoms with Gasteiger partial charge in [-0.15, -0.1) is 0 Å². The zero-order chi connectivity index (χ0) is 20.9. The second-order valence-corrected chi connectivity index (χ2v) is 7.89. The Hall–Kier alpha value is -3.24. The molecule has 2 N–H and O–H groups in total. The van der Waals surface area contributed by atoms with Crippen LogP contribution in [0.25, 0.3) is 16.9 Å². The first-order valence-electron chi connectivity index (χ1n) is 9.42. The van der Waals surface area contributed by atoms with Gasteiger partial charge in [-0.3, -0.25) is 14.5 Å². The van der Waals surface area contributed by atoms with Crippen LogP contribution in [-0.4, -0.2) is 33.9 Å². The Morgan fingerprint density at radius 2 is 2.00 bits per heavy atom. The monoisotopic (exact) mass is 436 g/mol. The van der Waals surface area contributed by atoms with E-state index in [2.05, 4.69) is 29.9 Å². The lowest BCUT2D eigenvalue weighted by atomic mass is 10.3. The molecule has 0 fully saturated rings. The number of aromatic amines is 1. The predicted octanol–water partition coefficient (Wildman–Crippen LogP) is 5.20. The first-order chi connectivity index (χ1) is 14.8. The molecule has 0 aliphatic carbocycles. The minimum absolute atomic E-state index is 0.678. The summed E-state index contributed by atoms with van der Waals surface area (Å²) in [6, 6.07) is 5.91. The third-order valence-corrected chi connectivity index (χ3v) is 5.72. The molecule has 5 heterocycles. The van der Waals surface area contributed by atoms with E-state index in [9.17, 15) is 0 Å². The number of aromatic nitrogens is 7. The lowest BCUT2D eigenvalue weighted by Crippen LogP contribution is -2.00. The third kappa shape index (κ3) is 4.19. The van der Waals surface area contributed by atoms with E-state index in [-0.39, 0.29) is 0 Å². The molecule has 5 aromatic rings. The Kier molecular flexibility index (Phi) is 6.05. The molecular weight excluding hydrogens is 416 g/mol. The van der Waals surface area contributed by atoms with Gasteiger partial charge in [0.1, 0.15) is 10.0 Å². The molecule has 0 atom stereocenters. The van der Waals surface area contributed by atoms with Crippen LogP contribution in [0.2, 0.25) is 0 Å². The van der Waals surface area contributed by atoms with Gasteiger partial charge in [0, 0.05) is 35.2 Å². The van der Waals surface area contributed by atoms with Crippen LogP contribution in [0.3, 0.4) is 0 Å². The highest BCUT2D eigenvalue weighted by Crippen LogP contribution is 2.32. The van der Waals surface area contributed by atoms with Crippen molar-refractivity contribution in [3.05, 3.63) is 61.1 Å². The zero-order valence-electron chi connectivity index (χ0n) is 16.7. The van der Waals surface area contributed by atoms with Crippen molar-refractivity contribution in [3.8, 4) is 11.3 Å². The molecule has 152 valence electrons. The Bertz CT molecular complexity index is 1230. The number of rotatable bonds is 5. The van der Waals surface area contributed by atoms with Crippen LogP contribution in [0.4, 0.5) is 10.8 Å². The van der Waals surface area contributed by atoms with Gasteiger partial charge in [0.05, 0.1) is 23.8 Å². The largest absolute Gasteiger partial charge is 0.328 e. The fraction of sp³-hybridized carbons (Fsp3) is 0.150. The van der Waals surface area contributed by atoms with Gasteiger partial charge in [0.15, 0.2) is 11.5 Å². The maximum Gasteiger partial charge on any atom is 0.181 e. The van der Waals surface area contributed by atoms with Crippen LogP contribution in [0.15, 0.2) is 65.3 Å². The molecule has 0 spiro atoms. The summed E-state index contributed by atoms with van der Waals surface area (Å²) in [4.78, 5) is 14.5. The summed E-state index contributed by atoms with van der Waals surface area (Å²) in [5.41, 5.74) is 3.60. The van der Waals surface area contributed by atoms with Gasteiger partial charge in [-0.2, -0.15) is 9.47 Å². The number of imidazole rings is 1. The molecule has 10 heteroatoms. The highest BCUT2D eigenvalue weighted by Gasteiger charge is 2.15. The summed E-state index contributed by atoms with van der Waals surface area (Å²) in [5, 5.41) is 12.0. The molecule has 0 bridgehead atoms. The van der Waals surface area contributed by atoms with Crippen molar-refractivity contribution in [2.75, 3.05) is 5.32 Å². The molecule has 0 saturated carbocycles. The third-order valence-electron chi connectivity index (χ3n) is 4.01. The van der Waals surface area contributed by atoms with E-state index < -0.39 is 0 Å². The van der Waals surface area contributed by atoms with Gasteiger partial charge >= 0.3 is 0 Å². The summed E-state index contributed by atoms with van der Waals surface area (Å²) in [6.07, 6.45) is 11.0. The fourth-order valence-electron chi connectivity index (χ4n) is 2.77. The molecule has 8 nitrogen and oxygen atoms in total. The molecule has 30 heavy (non-hydrogen) atoms. The van der Waals surface area contributed by atoms with Crippen molar-refractivity contribution in [1.29, 1.82) is 0 Å². The Morgan fingerprint density at radius 3 is 2.70 bits per heavy atom. The van der Waals surface area contributed by atoms with Crippen molar-refractivity contribution in [3.63, 3.8) is 0 Å². The molecule has 5 aromatic heterocycles. The number of H-pyrrole nitrogens is 1. The summed E-state index contributed by atoms with van der Waals surface area (Å²) >= 11 is 2.97. The molecule has 5 rings (SSSR count). The average molecular weight is 437 g/mol. The zero-order valence-corrected chi connectivity index (χ0v) is 18.3. The average Bonchev–Trinajstić information content (AvgIpc) is 3.51. The van der Waals surface area contributed by atoms with Crippen LogP contribution in [0.5, 0.6) is 0 Å². The van der Waals surface area contributed by atoms with Crippen LogP contribution in [-0.2, 0) is 0 Å². The Morgan fingerprint density at radius 1 is 1.17 bits per heavy atom. The van der Waals surface area contributed by atoms with Crippen LogP contribution in [0, 0.1) is 6.92 Å².